The second kappa shape index (κ2) is 7.92. The summed E-state index contributed by atoms with van der Waals surface area (Å²) >= 11 is 11.3. The summed E-state index contributed by atoms with van der Waals surface area (Å²) in [7, 11) is 0. The number of allylic oxidation sites excluding steroid dienone is 2. The molecule has 1 unspecified atom stereocenters. The minimum Gasteiger partial charge on any atom is -0.378 e. The standard InChI is InChI=1S/C20H20ClN3O2S/c21-15-3-1-14(2-4-15)7-8-24-19(25)17-13-16(23-9-11-26-12-10-23)5-6-18(17)22-20(24)27/h1-6,13,17H,7-12H2. The zero-order chi connectivity index (χ0) is 18.8. The highest BCUT2D eigenvalue weighted by atomic mass is 35.5. The van der Waals surface area contributed by atoms with Crippen LogP contribution in [0, 0.1) is 5.92 Å². The molecule has 1 aromatic carbocycles. The van der Waals surface area contributed by atoms with Gasteiger partial charge in [0.2, 0.25) is 11.0 Å². The first-order chi connectivity index (χ1) is 13.1. The lowest BCUT2D eigenvalue weighted by atomic mass is 9.93. The molecule has 1 atom stereocenters. The van der Waals surface area contributed by atoms with Gasteiger partial charge in [-0.3, -0.25) is 9.69 Å². The van der Waals surface area contributed by atoms with Crippen LogP contribution in [0.1, 0.15) is 5.56 Å². The smallest absolute Gasteiger partial charge is 0.241 e. The molecule has 1 amide bonds. The first-order valence-electron chi connectivity index (χ1n) is 9.03. The summed E-state index contributed by atoms with van der Waals surface area (Å²) in [5, 5.41) is 1.04. The Labute approximate surface area is 168 Å². The zero-order valence-corrected chi connectivity index (χ0v) is 16.4. The number of nitrogens with zero attached hydrogens (tertiary/aromatic N) is 3. The molecule has 1 aromatic rings. The molecule has 3 aliphatic rings. The molecule has 0 N–H and O–H groups in total. The molecule has 1 aliphatic carbocycles. The number of carbonyl (C=O) groups excluding carboxylic acids is 1. The van der Waals surface area contributed by atoms with Crippen molar-refractivity contribution < 1.29 is 9.53 Å². The summed E-state index contributed by atoms with van der Waals surface area (Å²) in [6.07, 6.45) is 6.64. The van der Waals surface area contributed by atoms with Crippen molar-refractivity contribution in [1.82, 2.24) is 9.80 Å². The first-order valence-corrected chi connectivity index (χ1v) is 9.81. The van der Waals surface area contributed by atoms with E-state index in [0.717, 1.165) is 30.1 Å². The number of ether oxygens (including phenoxy) is 1. The fraction of sp³-hybridized carbons (Fsp3) is 0.350. The predicted octanol–water partition coefficient (Wildman–Crippen LogP) is 2.85. The van der Waals surface area contributed by atoms with E-state index in [-0.39, 0.29) is 11.8 Å². The van der Waals surface area contributed by atoms with Crippen LogP contribution in [0.2, 0.25) is 5.02 Å². The molecule has 7 heteroatoms. The monoisotopic (exact) mass is 401 g/mol. The van der Waals surface area contributed by atoms with E-state index in [4.69, 9.17) is 28.6 Å². The maximum absolute atomic E-state index is 13.1. The van der Waals surface area contributed by atoms with E-state index < -0.39 is 0 Å². The third-order valence-corrected chi connectivity index (χ3v) is 5.55. The minimum absolute atomic E-state index is 0.00549. The van der Waals surface area contributed by atoms with E-state index in [1.165, 1.54) is 0 Å². The van der Waals surface area contributed by atoms with Crippen molar-refractivity contribution in [3.8, 4) is 0 Å². The molecule has 0 radical (unpaired) electrons. The molecule has 140 valence electrons. The second-order valence-electron chi connectivity index (χ2n) is 6.69. The van der Waals surface area contributed by atoms with Gasteiger partial charge >= 0.3 is 0 Å². The average molecular weight is 402 g/mol. The zero-order valence-electron chi connectivity index (χ0n) is 14.8. The Hall–Kier alpha value is -2.02. The molecule has 0 spiro atoms. The number of carbonyl (C=O) groups is 1. The van der Waals surface area contributed by atoms with Gasteiger partial charge in [-0.2, -0.15) is 0 Å². The van der Waals surface area contributed by atoms with Crippen LogP contribution in [0.4, 0.5) is 0 Å². The van der Waals surface area contributed by atoms with E-state index in [2.05, 4.69) is 9.89 Å². The van der Waals surface area contributed by atoms with Crippen molar-refractivity contribution in [3.63, 3.8) is 0 Å². The summed E-state index contributed by atoms with van der Waals surface area (Å²) in [6, 6.07) is 7.64. The van der Waals surface area contributed by atoms with Crippen LogP contribution in [0.25, 0.3) is 0 Å². The van der Waals surface area contributed by atoms with Crippen molar-refractivity contribution in [2.45, 2.75) is 6.42 Å². The molecule has 5 nitrogen and oxygen atoms in total. The Balaban J connectivity index is 1.49. The van der Waals surface area contributed by atoms with E-state index in [9.17, 15) is 4.79 Å². The molecule has 2 heterocycles. The van der Waals surface area contributed by atoms with Gasteiger partial charge in [0.15, 0.2) is 0 Å². The normalized spacial score (nSPS) is 22.5. The maximum Gasteiger partial charge on any atom is 0.241 e. The molecule has 27 heavy (non-hydrogen) atoms. The third kappa shape index (κ3) is 3.98. The third-order valence-electron chi connectivity index (χ3n) is 4.98. The molecule has 2 aliphatic heterocycles. The van der Waals surface area contributed by atoms with Crippen LogP contribution in [-0.4, -0.2) is 59.4 Å². The van der Waals surface area contributed by atoms with Gasteiger partial charge in [0.1, 0.15) is 5.92 Å². The van der Waals surface area contributed by atoms with Crippen molar-refractivity contribution >= 4 is 40.6 Å². The number of benzene rings is 1. The van der Waals surface area contributed by atoms with E-state index in [1.807, 2.05) is 42.5 Å². The summed E-state index contributed by atoms with van der Waals surface area (Å²) in [5.74, 6) is -0.376. The van der Waals surface area contributed by atoms with Gasteiger partial charge < -0.3 is 9.64 Å². The van der Waals surface area contributed by atoms with E-state index in [0.29, 0.717) is 36.3 Å². The largest absolute Gasteiger partial charge is 0.378 e. The maximum atomic E-state index is 13.1. The van der Waals surface area contributed by atoms with Crippen molar-refractivity contribution in [3.05, 3.63) is 58.8 Å². The number of hydrogen-bond donors (Lipinski definition) is 0. The average Bonchev–Trinajstić information content (AvgIpc) is 2.70. The van der Waals surface area contributed by atoms with Gasteiger partial charge in [-0.1, -0.05) is 23.7 Å². The number of hydrogen-bond acceptors (Lipinski definition) is 4. The van der Waals surface area contributed by atoms with Crippen molar-refractivity contribution in [2.24, 2.45) is 10.9 Å². The van der Waals surface area contributed by atoms with Crippen LogP contribution >= 0.6 is 23.8 Å². The molecular formula is C20H20ClN3O2S. The Kier molecular flexibility index (Phi) is 5.38. The van der Waals surface area contributed by atoms with Crippen LogP contribution in [0.3, 0.4) is 0 Å². The number of fused-ring (bicyclic) bond motifs is 1. The van der Waals surface area contributed by atoms with Crippen LogP contribution < -0.4 is 0 Å². The lowest BCUT2D eigenvalue weighted by Crippen LogP contribution is -2.47. The fourth-order valence-electron chi connectivity index (χ4n) is 3.45. The Morgan fingerprint density at radius 2 is 1.93 bits per heavy atom. The molecule has 0 saturated carbocycles. The van der Waals surface area contributed by atoms with E-state index >= 15 is 0 Å². The lowest BCUT2D eigenvalue weighted by molar-refractivity contribution is -0.128. The van der Waals surface area contributed by atoms with Crippen LogP contribution in [0.15, 0.2) is 53.2 Å². The highest BCUT2D eigenvalue weighted by molar-refractivity contribution is 7.80. The number of aliphatic imine (C=N–C) groups is 1. The summed E-state index contributed by atoms with van der Waals surface area (Å²) in [5.41, 5.74) is 2.89. The van der Waals surface area contributed by atoms with Gasteiger partial charge in [0.05, 0.1) is 18.9 Å². The Bertz CT molecular complexity index is 841. The van der Waals surface area contributed by atoms with Crippen molar-refractivity contribution in [2.75, 3.05) is 32.8 Å². The first kappa shape index (κ1) is 18.3. The highest BCUT2D eigenvalue weighted by Gasteiger charge is 2.35. The molecule has 0 bridgehead atoms. The molecule has 1 saturated heterocycles. The SMILES string of the molecule is O=C1C2C=C(N3CCOCC3)C=CC2=NC(=S)N1CCc1ccc(Cl)cc1. The van der Waals surface area contributed by atoms with Gasteiger partial charge in [0, 0.05) is 30.4 Å². The van der Waals surface area contributed by atoms with Crippen molar-refractivity contribution in [1.29, 1.82) is 0 Å². The van der Waals surface area contributed by atoms with Gasteiger partial charge in [-0.25, -0.2) is 4.99 Å². The summed E-state index contributed by atoms with van der Waals surface area (Å²) in [4.78, 5) is 21.4. The van der Waals surface area contributed by atoms with Gasteiger partial charge in [-0.05, 0) is 54.6 Å². The van der Waals surface area contributed by atoms with Gasteiger partial charge in [0.25, 0.3) is 0 Å². The molecule has 0 aromatic heterocycles. The quantitative estimate of drug-likeness (QED) is 0.728. The predicted molar refractivity (Wildman–Crippen MR) is 110 cm³/mol. The summed E-state index contributed by atoms with van der Waals surface area (Å²) < 4.78 is 5.41. The van der Waals surface area contributed by atoms with Gasteiger partial charge in [-0.15, -0.1) is 0 Å². The summed E-state index contributed by atoms with van der Waals surface area (Å²) in [6.45, 7) is 3.60. The number of amides is 1. The lowest BCUT2D eigenvalue weighted by Gasteiger charge is -2.35. The number of halogens is 1. The number of rotatable bonds is 4. The minimum atomic E-state index is -0.371. The Morgan fingerprint density at radius 3 is 2.67 bits per heavy atom. The second-order valence-corrected chi connectivity index (χ2v) is 7.49. The molecule has 4 rings (SSSR count). The highest BCUT2D eigenvalue weighted by Crippen LogP contribution is 2.25. The molecule has 1 fully saturated rings. The number of morpholine rings is 1. The molecular weight excluding hydrogens is 382 g/mol. The number of thiocarbonyl (C=S) groups is 1. The van der Waals surface area contributed by atoms with Crippen LogP contribution in [0.5, 0.6) is 0 Å². The van der Waals surface area contributed by atoms with E-state index in [1.54, 1.807) is 4.90 Å². The topological polar surface area (TPSA) is 45.1 Å². The fourth-order valence-corrected chi connectivity index (χ4v) is 3.87. The van der Waals surface area contributed by atoms with Crippen LogP contribution in [-0.2, 0) is 16.0 Å². The Morgan fingerprint density at radius 1 is 1.19 bits per heavy atom.